The number of benzene rings is 1. The van der Waals surface area contributed by atoms with Crippen molar-refractivity contribution in [3.8, 4) is 0 Å². The molecule has 3 aliphatic rings. The molecular formula is C21H23F3N2O3. The smallest absolute Gasteiger partial charge is 0.339 e. The summed E-state index contributed by atoms with van der Waals surface area (Å²) in [6.07, 6.45) is -2.20. The van der Waals surface area contributed by atoms with Crippen LogP contribution in [-0.2, 0) is 26.0 Å². The van der Waals surface area contributed by atoms with Gasteiger partial charge in [-0.25, -0.2) is 0 Å². The Morgan fingerprint density at radius 1 is 1.24 bits per heavy atom. The molecule has 2 bridgehead atoms. The number of amides is 3. The monoisotopic (exact) mass is 408 g/mol. The lowest BCUT2D eigenvalue weighted by atomic mass is 9.75. The van der Waals surface area contributed by atoms with Gasteiger partial charge in [0.15, 0.2) is 0 Å². The molecule has 1 aromatic rings. The molecule has 2 aliphatic heterocycles. The van der Waals surface area contributed by atoms with Crippen molar-refractivity contribution >= 4 is 17.7 Å². The zero-order valence-electron chi connectivity index (χ0n) is 16.2. The van der Waals surface area contributed by atoms with Crippen LogP contribution in [0.25, 0.3) is 0 Å². The van der Waals surface area contributed by atoms with E-state index in [1.54, 1.807) is 11.8 Å². The normalized spacial score (nSPS) is 29.2. The minimum absolute atomic E-state index is 0.0827. The number of nitrogens with zero attached hydrogens (tertiary/aromatic N) is 2. The van der Waals surface area contributed by atoms with Gasteiger partial charge in [0.1, 0.15) is 0 Å². The van der Waals surface area contributed by atoms with Crippen molar-refractivity contribution in [1.82, 2.24) is 9.80 Å². The Morgan fingerprint density at radius 3 is 2.55 bits per heavy atom. The molecule has 1 saturated carbocycles. The van der Waals surface area contributed by atoms with E-state index in [9.17, 15) is 27.6 Å². The van der Waals surface area contributed by atoms with Crippen LogP contribution in [0.15, 0.2) is 24.3 Å². The average molecular weight is 408 g/mol. The standard InChI is InChI=1S/C21H23F3N2O3/c1-2-25-17(27)10-20(19(25)29,14-4-3-5-15(9-14)21(22,23)24)11-18(28)26-12-13-6-7-16(26)8-13/h3-5,9,13,16H,2,6-8,10-12H2,1H3. The van der Waals surface area contributed by atoms with Crippen LogP contribution in [0.5, 0.6) is 0 Å². The first-order valence-electron chi connectivity index (χ1n) is 9.97. The van der Waals surface area contributed by atoms with Gasteiger partial charge in [0.05, 0.1) is 11.0 Å². The Morgan fingerprint density at radius 2 is 2.00 bits per heavy atom. The summed E-state index contributed by atoms with van der Waals surface area (Å²) in [6, 6.07) is 4.63. The Kier molecular flexibility index (Phi) is 4.70. The van der Waals surface area contributed by atoms with Crippen LogP contribution < -0.4 is 0 Å². The minimum Gasteiger partial charge on any atom is -0.339 e. The number of rotatable bonds is 4. The highest BCUT2D eigenvalue weighted by molar-refractivity contribution is 6.10. The third kappa shape index (κ3) is 3.22. The van der Waals surface area contributed by atoms with E-state index in [1.807, 2.05) is 0 Å². The van der Waals surface area contributed by atoms with Crippen molar-refractivity contribution in [2.45, 2.75) is 56.7 Å². The lowest BCUT2D eigenvalue weighted by molar-refractivity contribution is -0.143. The van der Waals surface area contributed by atoms with E-state index in [4.69, 9.17) is 0 Å². The highest BCUT2D eigenvalue weighted by Crippen LogP contribution is 2.44. The largest absolute Gasteiger partial charge is 0.416 e. The number of piperidine rings is 1. The number of imide groups is 1. The van der Waals surface area contributed by atoms with Crippen LogP contribution in [-0.4, -0.2) is 46.7 Å². The number of likely N-dealkylation sites (N-methyl/N-ethyl adjacent to an activating group) is 1. The van der Waals surface area contributed by atoms with Crippen LogP contribution in [0.1, 0.15) is 50.2 Å². The second-order valence-corrected chi connectivity index (χ2v) is 8.34. The third-order valence-electron chi connectivity index (χ3n) is 6.65. The summed E-state index contributed by atoms with van der Waals surface area (Å²) in [7, 11) is 0. The molecule has 1 aliphatic carbocycles. The van der Waals surface area contributed by atoms with E-state index in [0.29, 0.717) is 12.5 Å². The number of halogens is 3. The predicted molar refractivity (Wildman–Crippen MR) is 97.6 cm³/mol. The third-order valence-corrected chi connectivity index (χ3v) is 6.65. The van der Waals surface area contributed by atoms with Crippen molar-refractivity contribution in [2.24, 2.45) is 5.92 Å². The van der Waals surface area contributed by atoms with Crippen LogP contribution in [0.2, 0.25) is 0 Å². The van der Waals surface area contributed by atoms with Gasteiger partial charge >= 0.3 is 6.18 Å². The average Bonchev–Trinajstić information content (AvgIpc) is 3.36. The zero-order chi connectivity index (χ0) is 21.0. The SMILES string of the molecule is CCN1C(=O)CC(CC(=O)N2CC3CCC2C3)(c2cccc(C(F)(F)F)c2)C1=O. The van der Waals surface area contributed by atoms with Gasteiger partial charge in [-0.05, 0) is 43.7 Å². The predicted octanol–water partition coefficient (Wildman–Crippen LogP) is 3.12. The molecule has 3 atom stereocenters. The van der Waals surface area contributed by atoms with Gasteiger partial charge in [0.2, 0.25) is 17.7 Å². The van der Waals surface area contributed by atoms with Gasteiger partial charge in [0.25, 0.3) is 0 Å². The molecule has 4 rings (SSSR count). The maximum atomic E-state index is 13.3. The highest BCUT2D eigenvalue weighted by Gasteiger charge is 2.55. The number of alkyl halides is 3. The molecule has 0 N–H and O–H groups in total. The highest BCUT2D eigenvalue weighted by atomic mass is 19.4. The molecular weight excluding hydrogens is 385 g/mol. The van der Waals surface area contributed by atoms with Gasteiger partial charge in [-0.3, -0.25) is 19.3 Å². The molecule has 2 saturated heterocycles. The Hall–Kier alpha value is -2.38. The van der Waals surface area contributed by atoms with Crippen molar-refractivity contribution in [3.63, 3.8) is 0 Å². The number of fused-ring (bicyclic) bond motifs is 2. The van der Waals surface area contributed by atoms with E-state index < -0.39 is 29.0 Å². The van der Waals surface area contributed by atoms with Crippen LogP contribution in [0, 0.1) is 5.92 Å². The quantitative estimate of drug-likeness (QED) is 0.720. The Labute approximate surface area is 166 Å². The lowest BCUT2D eigenvalue weighted by Crippen LogP contribution is -2.45. The second kappa shape index (κ2) is 6.85. The molecule has 29 heavy (non-hydrogen) atoms. The van der Waals surface area contributed by atoms with Crippen molar-refractivity contribution in [2.75, 3.05) is 13.1 Å². The summed E-state index contributed by atoms with van der Waals surface area (Å²) in [5.41, 5.74) is -2.38. The van der Waals surface area contributed by atoms with E-state index >= 15 is 0 Å². The molecule has 3 amide bonds. The van der Waals surface area contributed by atoms with E-state index in [2.05, 4.69) is 0 Å². The fraction of sp³-hybridized carbons (Fsp3) is 0.571. The molecule has 156 valence electrons. The number of carbonyl (C=O) groups excluding carboxylic acids is 3. The molecule has 5 nitrogen and oxygen atoms in total. The van der Waals surface area contributed by atoms with Gasteiger partial charge in [-0.15, -0.1) is 0 Å². The number of carbonyl (C=O) groups is 3. The molecule has 0 radical (unpaired) electrons. The summed E-state index contributed by atoms with van der Waals surface area (Å²) < 4.78 is 39.8. The number of hydrogen-bond donors (Lipinski definition) is 0. The Balaban J connectivity index is 1.72. The zero-order valence-corrected chi connectivity index (χ0v) is 16.2. The Bertz CT molecular complexity index is 869. The maximum absolute atomic E-state index is 13.3. The molecule has 0 spiro atoms. The van der Waals surface area contributed by atoms with E-state index in [-0.39, 0.29) is 36.9 Å². The first-order chi connectivity index (χ1) is 13.7. The van der Waals surface area contributed by atoms with Gasteiger partial charge < -0.3 is 4.90 Å². The number of likely N-dealkylation sites (tertiary alicyclic amines) is 2. The molecule has 2 heterocycles. The molecule has 8 heteroatoms. The molecule has 3 unspecified atom stereocenters. The van der Waals surface area contributed by atoms with Crippen molar-refractivity contribution < 1.29 is 27.6 Å². The fourth-order valence-corrected chi connectivity index (χ4v) is 5.17. The number of hydrogen-bond acceptors (Lipinski definition) is 3. The van der Waals surface area contributed by atoms with E-state index in [0.717, 1.165) is 36.3 Å². The van der Waals surface area contributed by atoms with Crippen molar-refractivity contribution in [3.05, 3.63) is 35.4 Å². The summed E-state index contributed by atoms with van der Waals surface area (Å²) in [5.74, 6) is -0.831. The molecule has 3 fully saturated rings. The van der Waals surface area contributed by atoms with Crippen LogP contribution in [0.4, 0.5) is 13.2 Å². The summed E-state index contributed by atoms with van der Waals surface area (Å²) in [4.78, 5) is 41.6. The van der Waals surface area contributed by atoms with E-state index in [1.165, 1.54) is 12.1 Å². The maximum Gasteiger partial charge on any atom is 0.416 e. The fourth-order valence-electron chi connectivity index (χ4n) is 5.17. The van der Waals surface area contributed by atoms with Gasteiger partial charge in [0, 0.05) is 32.0 Å². The van der Waals surface area contributed by atoms with Crippen molar-refractivity contribution in [1.29, 1.82) is 0 Å². The summed E-state index contributed by atoms with van der Waals surface area (Å²) in [5, 5.41) is 0. The lowest BCUT2D eigenvalue weighted by Gasteiger charge is -2.32. The first kappa shape index (κ1) is 19.9. The summed E-state index contributed by atoms with van der Waals surface area (Å²) in [6.45, 7) is 2.39. The second-order valence-electron chi connectivity index (χ2n) is 8.34. The first-order valence-corrected chi connectivity index (χ1v) is 9.97. The van der Waals surface area contributed by atoms with Gasteiger partial charge in [-0.2, -0.15) is 13.2 Å². The van der Waals surface area contributed by atoms with Gasteiger partial charge in [-0.1, -0.05) is 18.2 Å². The topological polar surface area (TPSA) is 57.7 Å². The van der Waals surface area contributed by atoms with Crippen LogP contribution >= 0.6 is 0 Å². The summed E-state index contributed by atoms with van der Waals surface area (Å²) >= 11 is 0. The molecule has 0 aromatic heterocycles. The van der Waals surface area contributed by atoms with Crippen LogP contribution in [0.3, 0.4) is 0 Å². The minimum atomic E-state index is -4.58. The molecule has 1 aromatic carbocycles.